The van der Waals surface area contributed by atoms with E-state index in [1.807, 2.05) is 38.1 Å². The summed E-state index contributed by atoms with van der Waals surface area (Å²) in [6, 6.07) is 16.5. The summed E-state index contributed by atoms with van der Waals surface area (Å²) in [4.78, 5) is 12.9. The Morgan fingerprint density at radius 3 is 2.52 bits per heavy atom. The molecule has 1 aliphatic rings. The molecule has 168 valence electrons. The van der Waals surface area contributed by atoms with Crippen molar-refractivity contribution in [3.63, 3.8) is 0 Å². The molecule has 0 saturated carbocycles. The lowest BCUT2D eigenvalue weighted by molar-refractivity contribution is -0.126. The molecule has 3 rings (SSSR count). The Kier molecular flexibility index (Phi) is 8.09. The molecular formula is C24H32N2O4S. The molecule has 1 heterocycles. The fourth-order valence-electron chi connectivity index (χ4n) is 3.77. The number of ether oxygens (including phenoxy) is 1. The molecule has 0 aliphatic carbocycles. The average molecular weight is 445 g/mol. The van der Waals surface area contributed by atoms with Gasteiger partial charge >= 0.3 is 0 Å². The minimum atomic E-state index is -3.56. The van der Waals surface area contributed by atoms with Crippen LogP contribution in [0, 0.1) is 5.92 Å². The van der Waals surface area contributed by atoms with Crippen LogP contribution in [0.15, 0.2) is 59.5 Å². The second kappa shape index (κ2) is 10.8. The van der Waals surface area contributed by atoms with Gasteiger partial charge in [0.25, 0.3) is 0 Å². The van der Waals surface area contributed by atoms with E-state index in [-0.39, 0.29) is 29.4 Å². The predicted molar refractivity (Wildman–Crippen MR) is 121 cm³/mol. The maximum absolute atomic E-state index is 12.8. The third-order valence-electron chi connectivity index (χ3n) is 5.37. The number of carbonyl (C=O) groups is 1. The lowest BCUT2D eigenvalue weighted by atomic mass is 9.99. The van der Waals surface area contributed by atoms with Gasteiger partial charge < -0.3 is 10.1 Å². The SMILES string of the molecule is CC(C)Oc1ccc(CCCNC(=O)[C@H]2CCCN(S(=O)(=O)c3ccccc3)C2)cc1. The third-order valence-corrected chi connectivity index (χ3v) is 7.25. The van der Waals surface area contributed by atoms with Crippen molar-refractivity contribution in [2.45, 2.75) is 50.5 Å². The van der Waals surface area contributed by atoms with Gasteiger partial charge in [0.05, 0.1) is 16.9 Å². The maximum Gasteiger partial charge on any atom is 0.243 e. The van der Waals surface area contributed by atoms with Gasteiger partial charge in [-0.3, -0.25) is 4.79 Å². The van der Waals surface area contributed by atoms with E-state index >= 15 is 0 Å². The molecule has 1 amide bonds. The van der Waals surface area contributed by atoms with Gasteiger partial charge in [-0.2, -0.15) is 4.31 Å². The minimum Gasteiger partial charge on any atom is -0.491 e. The summed E-state index contributed by atoms with van der Waals surface area (Å²) >= 11 is 0. The zero-order valence-electron chi connectivity index (χ0n) is 18.3. The van der Waals surface area contributed by atoms with Crippen LogP contribution in [0.25, 0.3) is 0 Å². The number of hydrogen-bond donors (Lipinski definition) is 1. The Morgan fingerprint density at radius 1 is 1.13 bits per heavy atom. The first kappa shape index (κ1) is 23.3. The molecule has 6 nitrogen and oxygen atoms in total. The number of nitrogens with zero attached hydrogens (tertiary/aromatic N) is 1. The van der Waals surface area contributed by atoms with E-state index in [1.165, 1.54) is 9.87 Å². The van der Waals surface area contributed by atoms with Gasteiger partial charge in [0, 0.05) is 19.6 Å². The van der Waals surface area contributed by atoms with Gasteiger partial charge in [-0.1, -0.05) is 30.3 Å². The van der Waals surface area contributed by atoms with Crippen molar-refractivity contribution < 1.29 is 17.9 Å². The second-order valence-corrected chi connectivity index (χ2v) is 10.2. The van der Waals surface area contributed by atoms with E-state index in [9.17, 15) is 13.2 Å². The molecule has 2 aromatic carbocycles. The summed E-state index contributed by atoms with van der Waals surface area (Å²) in [6.07, 6.45) is 3.24. The van der Waals surface area contributed by atoms with Crippen LogP contribution in [0.4, 0.5) is 0 Å². The molecule has 0 aromatic heterocycles. The number of amides is 1. The predicted octanol–water partition coefficient (Wildman–Crippen LogP) is 3.62. The maximum atomic E-state index is 12.8. The molecule has 31 heavy (non-hydrogen) atoms. The van der Waals surface area contributed by atoms with Gasteiger partial charge in [-0.05, 0) is 69.4 Å². The van der Waals surface area contributed by atoms with Crippen molar-refractivity contribution in [2.24, 2.45) is 5.92 Å². The molecule has 1 atom stereocenters. The van der Waals surface area contributed by atoms with Crippen LogP contribution >= 0.6 is 0 Å². The van der Waals surface area contributed by atoms with E-state index in [2.05, 4.69) is 5.32 Å². The first-order valence-electron chi connectivity index (χ1n) is 10.9. The number of rotatable bonds is 9. The fourth-order valence-corrected chi connectivity index (χ4v) is 5.32. The first-order chi connectivity index (χ1) is 14.9. The number of hydrogen-bond acceptors (Lipinski definition) is 4. The summed E-state index contributed by atoms with van der Waals surface area (Å²) in [5.74, 6) is 0.493. The number of piperidine rings is 1. The number of benzene rings is 2. The number of carbonyl (C=O) groups excluding carboxylic acids is 1. The fraction of sp³-hybridized carbons (Fsp3) is 0.458. The van der Waals surface area contributed by atoms with Crippen molar-refractivity contribution in [1.82, 2.24) is 9.62 Å². The second-order valence-electron chi connectivity index (χ2n) is 8.22. The first-order valence-corrected chi connectivity index (χ1v) is 12.4. The number of sulfonamides is 1. The van der Waals surface area contributed by atoms with Gasteiger partial charge in [-0.15, -0.1) is 0 Å². The lowest BCUT2D eigenvalue weighted by Crippen LogP contribution is -2.45. The minimum absolute atomic E-state index is 0.0614. The van der Waals surface area contributed by atoms with Crippen LogP contribution in [0.2, 0.25) is 0 Å². The highest BCUT2D eigenvalue weighted by Gasteiger charge is 2.33. The largest absolute Gasteiger partial charge is 0.491 e. The van der Waals surface area contributed by atoms with Crippen molar-refractivity contribution in [3.8, 4) is 5.75 Å². The lowest BCUT2D eigenvalue weighted by Gasteiger charge is -2.31. The van der Waals surface area contributed by atoms with Gasteiger partial charge in [0.1, 0.15) is 5.75 Å². The molecule has 1 saturated heterocycles. The van der Waals surface area contributed by atoms with E-state index in [0.29, 0.717) is 25.9 Å². The van der Waals surface area contributed by atoms with Crippen LogP contribution in [-0.2, 0) is 21.2 Å². The van der Waals surface area contributed by atoms with Crippen LogP contribution in [0.1, 0.15) is 38.7 Å². The van der Waals surface area contributed by atoms with Crippen molar-refractivity contribution in [3.05, 3.63) is 60.2 Å². The Morgan fingerprint density at radius 2 is 1.84 bits per heavy atom. The topological polar surface area (TPSA) is 75.7 Å². The van der Waals surface area contributed by atoms with E-state index in [4.69, 9.17) is 4.74 Å². The van der Waals surface area contributed by atoms with Crippen molar-refractivity contribution >= 4 is 15.9 Å². The molecule has 0 radical (unpaired) electrons. The third kappa shape index (κ3) is 6.55. The van der Waals surface area contributed by atoms with Gasteiger partial charge in [-0.25, -0.2) is 8.42 Å². The van der Waals surface area contributed by atoms with E-state index < -0.39 is 10.0 Å². The van der Waals surface area contributed by atoms with Crippen molar-refractivity contribution in [2.75, 3.05) is 19.6 Å². The summed E-state index contributed by atoms with van der Waals surface area (Å²) in [6.45, 7) is 5.27. The zero-order valence-corrected chi connectivity index (χ0v) is 19.1. The van der Waals surface area contributed by atoms with E-state index in [1.54, 1.807) is 30.3 Å². The molecule has 0 spiro atoms. The highest BCUT2D eigenvalue weighted by atomic mass is 32.2. The summed E-state index contributed by atoms with van der Waals surface area (Å²) < 4.78 is 32.8. The summed E-state index contributed by atoms with van der Waals surface area (Å²) in [5.41, 5.74) is 1.20. The molecule has 1 N–H and O–H groups in total. The normalized spacial score (nSPS) is 17.5. The molecule has 0 bridgehead atoms. The number of nitrogens with one attached hydrogen (secondary N) is 1. The molecule has 2 aromatic rings. The van der Waals surface area contributed by atoms with Crippen LogP contribution < -0.4 is 10.1 Å². The summed E-state index contributed by atoms with van der Waals surface area (Å²) in [5, 5.41) is 2.99. The monoisotopic (exact) mass is 444 g/mol. The number of aryl methyl sites for hydroxylation is 1. The summed E-state index contributed by atoms with van der Waals surface area (Å²) in [7, 11) is -3.56. The Balaban J connectivity index is 1.45. The van der Waals surface area contributed by atoms with Crippen LogP contribution in [-0.4, -0.2) is 44.4 Å². The van der Waals surface area contributed by atoms with E-state index in [0.717, 1.165) is 18.6 Å². The molecule has 0 unspecified atom stereocenters. The van der Waals surface area contributed by atoms with Gasteiger partial charge in [0.15, 0.2) is 0 Å². The Bertz CT molecular complexity index is 943. The highest BCUT2D eigenvalue weighted by Crippen LogP contribution is 2.24. The smallest absolute Gasteiger partial charge is 0.243 e. The quantitative estimate of drug-likeness (QED) is 0.600. The van der Waals surface area contributed by atoms with Crippen molar-refractivity contribution in [1.29, 1.82) is 0 Å². The van der Waals surface area contributed by atoms with Crippen LogP contribution in [0.3, 0.4) is 0 Å². The molecule has 7 heteroatoms. The Labute approximate surface area is 185 Å². The standard InChI is InChI=1S/C24H32N2O4S/c1-19(2)30-22-14-12-20(13-15-22)8-6-16-25-24(27)21-9-7-17-26(18-21)31(28,29)23-10-4-3-5-11-23/h3-5,10-15,19,21H,6-9,16-18H2,1-2H3,(H,25,27)/t21-/m0/s1. The van der Waals surface area contributed by atoms with Gasteiger partial charge in [0.2, 0.25) is 15.9 Å². The average Bonchev–Trinajstić information content (AvgIpc) is 2.78. The molecule has 1 aliphatic heterocycles. The Hall–Kier alpha value is -2.38. The highest BCUT2D eigenvalue weighted by molar-refractivity contribution is 7.89. The van der Waals surface area contributed by atoms with Crippen LogP contribution in [0.5, 0.6) is 5.75 Å². The zero-order chi connectivity index (χ0) is 22.3. The molecule has 1 fully saturated rings. The molecular weight excluding hydrogens is 412 g/mol.